The van der Waals surface area contributed by atoms with Crippen LogP contribution < -0.4 is 5.32 Å². The molecule has 17 heavy (non-hydrogen) atoms. The molecular formula is C12H23NO4. The van der Waals surface area contributed by atoms with Crippen LogP contribution in [-0.4, -0.2) is 51.1 Å². The highest BCUT2D eigenvalue weighted by Crippen LogP contribution is 2.22. The molecule has 0 saturated heterocycles. The maximum Gasteiger partial charge on any atom is 0.332 e. The summed E-state index contributed by atoms with van der Waals surface area (Å²) in [5.41, 5.74) is 0. The van der Waals surface area contributed by atoms with Gasteiger partial charge in [0, 0.05) is 19.2 Å². The molecule has 0 bridgehead atoms. The van der Waals surface area contributed by atoms with Gasteiger partial charge in [-0.3, -0.25) is 0 Å². The van der Waals surface area contributed by atoms with Gasteiger partial charge in [-0.15, -0.1) is 0 Å². The number of esters is 1. The second kappa shape index (κ2) is 8.44. The van der Waals surface area contributed by atoms with Gasteiger partial charge in [-0.25, -0.2) is 4.79 Å². The lowest BCUT2D eigenvalue weighted by atomic mass is 9.89. The lowest BCUT2D eigenvalue weighted by Crippen LogP contribution is -2.46. The van der Waals surface area contributed by atoms with Crippen molar-refractivity contribution in [1.29, 1.82) is 0 Å². The molecule has 0 aromatic rings. The first-order valence-corrected chi connectivity index (χ1v) is 6.34. The molecule has 0 aromatic carbocycles. The SMILES string of the molecule is CCOC(=O)COCCNC1CC(OCC)C1. The van der Waals surface area contributed by atoms with Gasteiger partial charge >= 0.3 is 5.97 Å². The molecule has 1 aliphatic rings. The molecule has 5 heteroatoms. The Kier molecular flexibility index (Phi) is 7.16. The molecule has 1 fully saturated rings. The van der Waals surface area contributed by atoms with E-state index in [0.717, 1.165) is 26.0 Å². The Morgan fingerprint density at radius 3 is 2.71 bits per heavy atom. The van der Waals surface area contributed by atoms with Gasteiger partial charge in [-0.2, -0.15) is 0 Å². The maximum absolute atomic E-state index is 10.9. The molecule has 0 aliphatic heterocycles. The number of carbonyl (C=O) groups excluding carboxylic acids is 1. The van der Waals surface area contributed by atoms with Crippen LogP contribution in [0.2, 0.25) is 0 Å². The van der Waals surface area contributed by atoms with Gasteiger partial charge in [0.05, 0.1) is 19.3 Å². The van der Waals surface area contributed by atoms with E-state index in [1.54, 1.807) is 6.92 Å². The topological polar surface area (TPSA) is 56.8 Å². The van der Waals surface area contributed by atoms with Crippen molar-refractivity contribution in [2.45, 2.75) is 38.8 Å². The summed E-state index contributed by atoms with van der Waals surface area (Å²) < 4.78 is 15.4. The fourth-order valence-corrected chi connectivity index (χ4v) is 1.80. The fraction of sp³-hybridized carbons (Fsp3) is 0.917. The Balaban J connectivity index is 1.84. The summed E-state index contributed by atoms with van der Waals surface area (Å²) in [6, 6.07) is 0.540. The molecule has 1 N–H and O–H groups in total. The average Bonchev–Trinajstić information content (AvgIpc) is 2.25. The lowest BCUT2D eigenvalue weighted by molar-refractivity contribution is -0.148. The second-order valence-corrected chi connectivity index (χ2v) is 4.06. The van der Waals surface area contributed by atoms with Crippen molar-refractivity contribution >= 4 is 5.97 Å². The molecule has 0 radical (unpaired) electrons. The maximum atomic E-state index is 10.9. The van der Waals surface area contributed by atoms with E-state index in [0.29, 0.717) is 25.4 Å². The zero-order chi connectivity index (χ0) is 12.5. The van der Waals surface area contributed by atoms with Gasteiger partial charge < -0.3 is 19.5 Å². The van der Waals surface area contributed by atoms with E-state index in [1.807, 2.05) is 6.92 Å². The van der Waals surface area contributed by atoms with Gasteiger partial charge in [-0.05, 0) is 26.7 Å². The van der Waals surface area contributed by atoms with Crippen LogP contribution in [0, 0.1) is 0 Å². The van der Waals surface area contributed by atoms with Crippen LogP contribution in [0.5, 0.6) is 0 Å². The summed E-state index contributed by atoms with van der Waals surface area (Å²) in [4.78, 5) is 10.9. The largest absolute Gasteiger partial charge is 0.464 e. The van der Waals surface area contributed by atoms with Crippen LogP contribution in [0.3, 0.4) is 0 Å². The molecule has 0 heterocycles. The molecule has 0 spiro atoms. The summed E-state index contributed by atoms with van der Waals surface area (Å²) in [5, 5.41) is 3.36. The van der Waals surface area contributed by atoms with E-state index in [9.17, 15) is 4.79 Å². The number of ether oxygens (including phenoxy) is 3. The predicted molar refractivity (Wildman–Crippen MR) is 63.9 cm³/mol. The smallest absolute Gasteiger partial charge is 0.332 e. The highest BCUT2D eigenvalue weighted by Gasteiger charge is 2.28. The summed E-state index contributed by atoms with van der Waals surface area (Å²) in [6.07, 6.45) is 2.58. The Bertz CT molecular complexity index is 217. The first-order valence-electron chi connectivity index (χ1n) is 6.34. The minimum Gasteiger partial charge on any atom is -0.464 e. The van der Waals surface area contributed by atoms with Crippen LogP contribution in [0.25, 0.3) is 0 Å². The van der Waals surface area contributed by atoms with Crippen molar-refractivity contribution in [3.05, 3.63) is 0 Å². The van der Waals surface area contributed by atoms with Gasteiger partial charge in [0.1, 0.15) is 6.61 Å². The van der Waals surface area contributed by atoms with Gasteiger partial charge in [0.25, 0.3) is 0 Å². The van der Waals surface area contributed by atoms with Crippen molar-refractivity contribution < 1.29 is 19.0 Å². The zero-order valence-corrected chi connectivity index (χ0v) is 10.7. The Hall–Kier alpha value is -0.650. The Labute approximate surface area is 103 Å². The van der Waals surface area contributed by atoms with Crippen LogP contribution in [-0.2, 0) is 19.0 Å². The van der Waals surface area contributed by atoms with Crippen molar-refractivity contribution in [2.24, 2.45) is 0 Å². The molecule has 0 unspecified atom stereocenters. The third-order valence-corrected chi connectivity index (χ3v) is 2.70. The highest BCUT2D eigenvalue weighted by molar-refractivity contribution is 5.70. The fourth-order valence-electron chi connectivity index (χ4n) is 1.80. The Morgan fingerprint density at radius 2 is 2.06 bits per heavy atom. The molecule has 1 aliphatic carbocycles. The first kappa shape index (κ1) is 14.4. The standard InChI is InChI=1S/C12H23NO4/c1-3-16-11-7-10(8-11)13-5-6-15-9-12(14)17-4-2/h10-11,13H,3-9H2,1-2H3. The number of nitrogens with one attached hydrogen (secondary N) is 1. The molecule has 100 valence electrons. The third kappa shape index (κ3) is 6.00. The van der Waals surface area contributed by atoms with Gasteiger partial charge in [0.2, 0.25) is 0 Å². The van der Waals surface area contributed by atoms with Crippen LogP contribution in [0.15, 0.2) is 0 Å². The van der Waals surface area contributed by atoms with E-state index < -0.39 is 0 Å². The normalized spacial score (nSPS) is 23.2. The number of rotatable bonds is 9. The molecule has 0 atom stereocenters. The molecule has 5 nitrogen and oxygen atoms in total. The van der Waals surface area contributed by atoms with E-state index >= 15 is 0 Å². The van der Waals surface area contributed by atoms with Crippen LogP contribution in [0.1, 0.15) is 26.7 Å². The monoisotopic (exact) mass is 245 g/mol. The number of hydrogen-bond donors (Lipinski definition) is 1. The molecule has 1 saturated carbocycles. The summed E-state index contributed by atoms with van der Waals surface area (Å²) >= 11 is 0. The lowest BCUT2D eigenvalue weighted by Gasteiger charge is -2.35. The average molecular weight is 245 g/mol. The van der Waals surface area contributed by atoms with Crippen molar-refractivity contribution in [3.63, 3.8) is 0 Å². The number of hydrogen-bond acceptors (Lipinski definition) is 5. The van der Waals surface area contributed by atoms with E-state index in [2.05, 4.69) is 5.32 Å². The van der Waals surface area contributed by atoms with E-state index in [1.165, 1.54) is 0 Å². The minimum atomic E-state index is -0.299. The quantitative estimate of drug-likeness (QED) is 0.479. The Morgan fingerprint density at radius 1 is 1.29 bits per heavy atom. The minimum absolute atomic E-state index is 0.0434. The molecule has 0 amide bonds. The van der Waals surface area contributed by atoms with Crippen molar-refractivity contribution in [3.8, 4) is 0 Å². The van der Waals surface area contributed by atoms with Crippen LogP contribution >= 0.6 is 0 Å². The van der Waals surface area contributed by atoms with Gasteiger partial charge in [0.15, 0.2) is 0 Å². The first-order chi connectivity index (χ1) is 8.26. The molecular weight excluding hydrogens is 222 g/mol. The van der Waals surface area contributed by atoms with Crippen molar-refractivity contribution in [1.82, 2.24) is 5.32 Å². The molecule has 0 aromatic heterocycles. The summed E-state index contributed by atoms with van der Waals surface area (Å²) in [6.45, 7) is 6.34. The van der Waals surface area contributed by atoms with E-state index in [4.69, 9.17) is 14.2 Å². The van der Waals surface area contributed by atoms with Gasteiger partial charge in [-0.1, -0.05) is 0 Å². The summed E-state index contributed by atoms with van der Waals surface area (Å²) in [7, 11) is 0. The van der Waals surface area contributed by atoms with Crippen LogP contribution in [0.4, 0.5) is 0 Å². The predicted octanol–water partition coefficient (Wildman–Crippen LogP) is 0.723. The zero-order valence-electron chi connectivity index (χ0n) is 10.7. The third-order valence-electron chi connectivity index (χ3n) is 2.70. The highest BCUT2D eigenvalue weighted by atomic mass is 16.6. The number of carbonyl (C=O) groups is 1. The molecule has 1 rings (SSSR count). The van der Waals surface area contributed by atoms with E-state index in [-0.39, 0.29) is 12.6 Å². The van der Waals surface area contributed by atoms with Crippen molar-refractivity contribution in [2.75, 3.05) is 33.0 Å². The summed E-state index contributed by atoms with van der Waals surface area (Å²) in [5.74, 6) is -0.299. The second-order valence-electron chi connectivity index (χ2n) is 4.06.